The summed E-state index contributed by atoms with van der Waals surface area (Å²) in [7, 11) is 0. The molecule has 0 bridgehead atoms. The number of carbonyl (C=O) groups excluding carboxylic acids is 1. The van der Waals surface area contributed by atoms with Crippen LogP contribution in [-0.4, -0.2) is 17.0 Å². The van der Waals surface area contributed by atoms with E-state index in [2.05, 4.69) is 5.32 Å². The quantitative estimate of drug-likeness (QED) is 0.907. The SMILES string of the molecule is O=C(Nc1cccc(C(F)(F)F)c1)c1ccsc1C(=O)O. The smallest absolute Gasteiger partial charge is 0.416 e. The van der Waals surface area contributed by atoms with Crippen LogP contribution in [0.2, 0.25) is 0 Å². The largest absolute Gasteiger partial charge is 0.477 e. The van der Waals surface area contributed by atoms with Crippen LogP contribution in [0.15, 0.2) is 35.7 Å². The van der Waals surface area contributed by atoms with Gasteiger partial charge >= 0.3 is 12.1 Å². The van der Waals surface area contributed by atoms with Crippen molar-refractivity contribution < 1.29 is 27.9 Å². The first-order valence-electron chi connectivity index (χ1n) is 5.58. The topological polar surface area (TPSA) is 66.4 Å². The van der Waals surface area contributed by atoms with E-state index in [4.69, 9.17) is 5.11 Å². The predicted molar refractivity (Wildman–Crippen MR) is 70.7 cm³/mol. The standard InChI is InChI=1S/C13H8F3NO3S/c14-13(15,16)7-2-1-3-8(6-7)17-11(18)9-4-5-21-10(9)12(19)20/h1-6H,(H,17,18)(H,19,20). The number of anilines is 1. The van der Waals surface area contributed by atoms with Gasteiger partial charge in [-0.2, -0.15) is 13.2 Å². The lowest BCUT2D eigenvalue weighted by atomic mass is 10.2. The highest BCUT2D eigenvalue weighted by Crippen LogP contribution is 2.30. The molecule has 0 aliphatic rings. The molecule has 1 heterocycles. The Balaban J connectivity index is 2.24. The summed E-state index contributed by atoms with van der Waals surface area (Å²) < 4.78 is 37.7. The van der Waals surface area contributed by atoms with E-state index in [9.17, 15) is 22.8 Å². The van der Waals surface area contributed by atoms with E-state index in [0.29, 0.717) is 0 Å². The van der Waals surface area contributed by atoms with Crippen LogP contribution in [0.4, 0.5) is 18.9 Å². The lowest BCUT2D eigenvalue weighted by Gasteiger charge is -2.09. The number of amides is 1. The third kappa shape index (κ3) is 3.40. The monoisotopic (exact) mass is 315 g/mol. The van der Waals surface area contributed by atoms with Crippen molar-refractivity contribution in [1.82, 2.24) is 0 Å². The molecule has 2 aromatic rings. The maximum absolute atomic E-state index is 12.6. The Bertz CT molecular complexity index is 694. The molecule has 4 nitrogen and oxygen atoms in total. The molecule has 1 amide bonds. The number of thiophene rings is 1. The molecule has 0 radical (unpaired) electrons. The summed E-state index contributed by atoms with van der Waals surface area (Å²) in [6.45, 7) is 0. The second kappa shape index (κ2) is 5.57. The summed E-state index contributed by atoms with van der Waals surface area (Å²) in [5.74, 6) is -2.04. The van der Waals surface area contributed by atoms with Crippen molar-refractivity contribution in [1.29, 1.82) is 0 Å². The predicted octanol–water partition coefficient (Wildman–Crippen LogP) is 3.72. The molecule has 0 saturated carbocycles. The molecular weight excluding hydrogens is 307 g/mol. The fraction of sp³-hybridized carbons (Fsp3) is 0.0769. The molecule has 1 aromatic heterocycles. The van der Waals surface area contributed by atoms with Gasteiger partial charge in [-0.3, -0.25) is 4.79 Å². The molecule has 0 unspecified atom stereocenters. The average Bonchev–Trinajstić information content (AvgIpc) is 2.87. The molecule has 0 aliphatic heterocycles. The fourth-order valence-electron chi connectivity index (χ4n) is 1.63. The van der Waals surface area contributed by atoms with Crippen molar-refractivity contribution in [2.75, 3.05) is 5.32 Å². The summed E-state index contributed by atoms with van der Waals surface area (Å²) >= 11 is 0.864. The molecule has 21 heavy (non-hydrogen) atoms. The van der Waals surface area contributed by atoms with E-state index in [1.807, 2.05) is 0 Å². The van der Waals surface area contributed by atoms with Gasteiger partial charge < -0.3 is 10.4 Å². The number of carbonyl (C=O) groups is 2. The van der Waals surface area contributed by atoms with E-state index >= 15 is 0 Å². The van der Waals surface area contributed by atoms with Gasteiger partial charge in [0.2, 0.25) is 0 Å². The maximum Gasteiger partial charge on any atom is 0.416 e. The van der Waals surface area contributed by atoms with Crippen LogP contribution in [0.3, 0.4) is 0 Å². The van der Waals surface area contributed by atoms with Crippen LogP contribution in [0, 0.1) is 0 Å². The first-order chi connectivity index (χ1) is 9.79. The van der Waals surface area contributed by atoms with E-state index in [0.717, 1.165) is 29.5 Å². The second-order valence-electron chi connectivity index (χ2n) is 4.00. The number of nitrogens with one attached hydrogen (secondary N) is 1. The zero-order valence-corrected chi connectivity index (χ0v) is 11.1. The zero-order chi connectivity index (χ0) is 15.6. The molecular formula is C13H8F3NO3S. The Kier molecular flexibility index (Phi) is 3.99. The minimum atomic E-state index is -4.52. The normalized spacial score (nSPS) is 11.2. The highest BCUT2D eigenvalue weighted by Gasteiger charge is 2.30. The molecule has 8 heteroatoms. The number of alkyl halides is 3. The van der Waals surface area contributed by atoms with E-state index in [-0.39, 0.29) is 16.1 Å². The number of halogens is 3. The summed E-state index contributed by atoms with van der Waals surface area (Å²) in [5, 5.41) is 12.6. The highest BCUT2D eigenvalue weighted by molar-refractivity contribution is 7.12. The molecule has 0 atom stereocenters. The van der Waals surface area contributed by atoms with Gasteiger partial charge in [-0.15, -0.1) is 11.3 Å². The number of carboxylic acid groups (broad SMARTS) is 1. The van der Waals surface area contributed by atoms with Crippen molar-refractivity contribution in [2.24, 2.45) is 0 Å². The number of carboxylic acids is 1. The number of hydrogen-bond donors (Lipinski definition) is 2. The minimum Gasteiger partial charge on any atom is -0.477 e. The van der Waals surface area contributed by atoms with Crippen LogP contribution in [-0.2, 0) is 6.18 Å². The Morgan fingerprint density at radius 3 is 2.52 bits per heavy atom. The molecule has 110 valence electrons. The number of benzene rings is 1. The summed E-state index contributed by atoms with van der Waals surface area (Å²) in [6, 6.07) is 5.41. The van der Waals surface area contributed by atoms with Gasteiger partial charge in [-0.05, 0) is 29.6 Å². The van der Waals surface area contributed by atoms with Crippen LogP contribution >= 0.6 is 11.3 Å². The first-order valence-corrected chi connectivity index (χ1v) is 6.46. The van der Waals surface area contributed by atoms with Crippen molar-refractivity contribution in [3.63, 3.8) is 0 Å². The molecule has 0 spiro atoms. The van der Waals surface area contributed by atoms with E-state index in [1.165, 1.54) is 17.5 Å². The van der Waals surface area contributed by atoms with Crippen LogP contribution in [0.1, 0.15) is 25.6 Å². The average molecular weight is 315 g/mol. The Labute approximate surface area is 120 Å². The fourth-order valence-corrected chi connectivity index (χ4v) is 2.35. The Hall–Kier alpha value is -2.35. The lowest BCUT2D eigenvalue weighted by Crippen LogP contribution is -2.15. The first kappa shape index (κ1) is 15.0. The van der Waals surface area contributed by atoms with Gasteiger partial charge in [-0.25, -0.2) is 4.79 Å². The van der Waals surface area contributed by atoms with Crippen molar-refractivity contribution in [2.45, 2.75) is 6.18 Å². The van der Waals surface area contributed by atoms with E-state index < -0.39 is 23.6 Å². The number of hydrogen-bond acceptors (Lipinski definition) is 3. The molecule has 0 aliphatic carbocycles. The summed E-state index contributed by atoms with van der Waals surface area (Å²) in [4.78, 5) is 22.7. The Morgan fingerprint density at radius 2 is 1.90 bits per heavy atom. The minimum absolute atomic E-state index is 0.0580. The lowest BCUT2D eigenvalue weighted by molar-refractivity contribution is -0.137. The molecule has 0 fully saturated rings. The summed E-state index contributed by atoms with van der Waals surface area (Å²) in [5.41, 5.74) is -1.05. The van der Waals surface area contributed by atoms with Gasteiger partial charge in [0.1, 0.15) is 4.88 Å². The molecule has 1 aromatic carbocycles. The maximum atomic E-state index is 12.6. The Morgan fingerprint density at radius 1 is 1.19 bits per heavy atom. The van der Waals surface area contributed by atoms with Gasteiger partial charge in [0.25, 0.3) is 5.91 Å². The number of rotatable bonds is 3. The highest BCUT2D eigenvalue weighted by atomic mass is 32.1. The van der Waals surface area contributed by atoms with Gasteiger partial charge in [0.15, 0.2) is 0 Å². The third-order valence-electron chi connectivity index (χ3n) is 2.55. The van der Waals surface area contributed by atoms with Crippen LogP contribution < -0.4 is 5.32 Å². The van der Waals surface area contributed by atoms with Crippen molar-refractivity contribution >= 4 is 28.9 Å². The number of aromatic carboxylic acids is 1. The third-order valence-corrected chi connectivity index (χ3v) is 3.45. The van der Waals surface area contributed by atoms with Gasteiger partial charge in [0.05, 0.1) is 11.1 Å². The molecule has 2 rings (SSSR count). The van der Waals surface area contributed by atoms with Gasteiger partial charge in [-0.1, -0.05) is 6.07 Å². The molecule has 0 saturated heterocycles. The summed E-state index contributed by atoms with van der Waals surface area (Å²) in [6.07, 6.45) is -4.52. The van der Waals surface area contributed by atoms with Crippen LogP contribution in [0.25, 0.3) is 0 Å². The zero-order valence-electron chi connectivity index (χ0n) is 10.3. The van der Waals surface area contributed by atoms with Gasteiger partial charge in [0, 0.05) is 5.69 Å². The van der Waals surface area contributed by atoms with E-state index in [1.54, 1.807) is 0 Å². The van der Waals surface area contributed by atoms with Crippen molar-refractivity contribution in [3.8, 4) is 0 Å². The molecule has 2 N–H and O–H groups in total. The van der Waals surface area contributed by atoms with Crippen LogP contribution in [0.5, 0.6) is 0 Å². The second-order valence-corrected chi connectivity index (χ2v) is 4.92. The van der Waals surface area contributed by atoms with Crippen molar-refractivity contribution in [3.05, 3.63) is 51.7 Å².